The Morgan fingerprint density at radius 1 is 1.33 bits per heavy atom. The monoisotopic (exact) mass is 256 g/mol. The Balaban J connectivity index is 2.21. The Kier molecular flexibility index (Phi) is 3.14. The normalized spacial score (nSPS) is 11.5. The van der Waals surface area contributed by atoms with Crippen LogP contribution in [0.15, 0.2) is 28.8 Å². The number of aldehydes is 1. The number of benzene rings is 1. The van der Waals surface area contributed by atoms with Crippen LogP contribution in [-0.4, -0.2) is 16.4 Å². The molecule has 0 aliphatic rings. The number of halogens is 3. The molecule has 0 saturated heterocycles. The molecule has 0 aliphatic carbocycles. The van der Waals surface area contributed by atoms with Crippen molar-refractivity contribution in [1.29, 1.82) is 0 Å². The summed E-state index contributed by atoms with van der Waals surface area (Å²) in [4.78, 5) is 14.0. The standard InChI is InChI=1S/C11H7F3N2O2/c12-11(13,14)8-3-1-2-7(4-8)5-9-15-10(6-17)18-16-9/h1-4,6H,5H2. The summed E-state index contributed by atoms with van der Waals surface area (Å²) < 4.78 is 41.9. The Bertz CT molecular complexity index is 563. The average molecular weight is 256 g/mol. The van der Waals surface area contributed by atoms with Crippen LogP contribution in [-0.2, 0) is 12.6 Å². The van der Waals surface area contributed by atoms with Crippen molar-refractivity contribution >= 4 is 6.29 Å². The molecule has 1 aromatic heterocycles. The van der Waals surface area contributed by atoms with E-state index in [1.165, 1.54) is 12.1 Å². The van der Waals surface area contributed by atoms with Crippen molar-refractivity contribution in [2.75, 3.05) is 0 Å². The second kappa shape index (κ2) is 4.59. The summed E-state index contributed by atoms with van der Waals surface area (Å²) in [6, 6.07) is 4.82. The maximum absolute atomic E-state index is 12.5. The molecule has 0 amide bonds. The third-order valence-corrected chi connectivity index (χ3v) is 2.20. The SMILES string of the molecule is O=Cc1nc(Cc2cccc(C(F)(F)F)c2)no1. The van der Waals surface area contributed by atoms with Crippen molar-refractivity contribution in [3.05, 3.63) is 47.1 Å². The molecule has 0 N–H and O–H groups in total. The van der Waals surface area contributed by atoms with E-state index in [4.69, 9.17) is 0 Å². The summed E-state index contributed by atoms with van der Waals surface area (Å²) in [6.45, 7) is 0. The van der Waals surface area contributed by atoms with Crippen LogP contribution >= 0.6 is 0 Å². The van der Waals surface area contributed by atoms with Gasteiger partial charge in [0.2, 0.25) is 6.29 Å². The molecule has 94 valence electrons. The van der Waals surface area contributed by atoms with Gasteiger partial charge in [0, 0.05) is 6.42 Å². The van der Waals surface area contributed by atoms with E-state index in [0.29, 0.717) is 11.8 Å². The van der Waals surface area contributed by atoms with E-state index in [1.54, 1.807) is 0 Å². The largest absolute Gasteiger partial charge is 0.416 e. The molecule has 2 aromatic rings. The Hall–Kier alpha value is -2.18. The minimum atomic E-state index is -4.39. The van der Waals surface area contributed by atoms with Gasteiger partial charge in [-0.25, -0.2) is 0 Å². The molecule has 0 radical (unpaired) electrons. The number of nitrogens with zero attached hydrogens (tertiary/aromatic N) is 2. The summed E-state index contributed by atoms with van der Waals surface area (Å²) in [5, 5.41) is 3.48. The second-order valence-corrected chi connectivity index (χ2v) is 3.54. The summed E-state index contributed by atoms with van der Waals surface area (Å²) >= 11 is 0. The van der Waals surface area contributed by atoms with Gasteiger partial charge in [-0.2, -0.15) is 18.2 Å². The molecule has 0 saturated carbocycles. The van der Waals surface area contributed by atoms with Crippen LogP contribution in [0.2, 0.25) is 0 Å². The number of hydrogen-bond donors (Lipinski definition) is 0. The van der Waals surface area contributed by atoms with Gasteiger partial charge in [-0.3, -0.25) is 4.79 Å². The Morgan fingerprint density at radius 2 is 2.11 bits per heavy atom. The summed E-state index contributed by atoms with van der Waals surface area (Å²) in [5.41, 5.74) is -0.345. The van der Waals surface area contributed by atoms with E-state index in [0.717, 1.165) is 12.1 Å². The number of rotatable bonds is 3. The van der Waals surface area contributed by atoms with Crippen molar-refractivity contribution in [2.45, 2.75) is 12.6 Å². The van der Waals surface area contributed by atoms with E-state index >= 15 is 0 Å². The molecule has 1 aromatic carbocycles. The van der Waals surface area contributed by atoms with Gasteiger partial charge in [0.1, 0.15) is 0 Å². The molecule has 0 spiro atoms. The zero-order valence-electron chi connectivity index (χ0n) is 8.94. The smallest absolute Gasteiger partial charge is 0.331 e. The highest BCUT2D eigenvalue weighted by atomic mass is 19.4. The lowest BCUT2D eigenvalue weighted by atomic mass is 10.1. The number of alkyl halides is 3. The molecule has 0 bridgehead atoms. The highest BCUT2D eigenvalue weighted by Crippen LogP contribution is 2.29. The molecule has 1 heterocycles. The first kappa shape index (κ1) is 12.3. The van der Waals surface area contributed by atoms with Crippen LogP contribution < -0.4 is 0 Å². The van der Waals surface area contributed by atoms with Gasteiger partial charge in [0.15, 0.2) is 5.82 Å². The number of carbonyl (C=O) groups excluding carboxylic acids is 1. The van der Waals surface area contributed by atoms with Gasteiger partial charge in [0.25, 0.3) is 5.89 Å². The van der Waals surface area contributed by atoms with E-state index in [1.807, 2.05) is 0 Å². The molecule has 7 heteroatoms. The van der Waals surface area contributed by atoms with Crippen molar-refractivity contribution < 1.29 is 22.5 Å². The maximum Gasteiger partial charge on any atom is 0.416 e. The van der Waals surface area contributed by atoms with Crippen LogP contribution in [0.1, 0.15) is 27.6 Å². The fourth-order valence-electron chi connectivity index (χ4n) is 1.43. The van der Waals surface area contributed by atoms with E-state index < -0.39 is 11.7 Å². The molecule has 2 rings (SSSR count). The van der Waals surface area contributed by atoms with Gasteiger partial charge in [-0.15, -0.1) is 0 Å². The number of aromatic nitrogens is 2. The fraction of sp³-hybridized carbons (Fsp3) is 0.182. The van der Waals surface area contributed by atoms with Crippen LogP contribution in [0.5, 0.6) is 0 Å². The lowest BCUT2D eigenvalue weighted by molar-refractivity contribution is -0.137. The zero-order valence-corrected chi connectivity index (χ0v) is 8.94. The first-order valence-electron chi connectivity index (χ1n) is 4.93. The molecule has 0 fully saturated rings. The molecule has 0 atom stereocenters. The number of carbonyl (C=O) groups is 1. The van der Waals surface area contributed by atoms with Crippen molar-refractivity contribution in [1.82, 2.24) is 10.1 Å². The Labute approximate surface area is 99.4 Å². The number of hydrogen-bond acceptors (Lipinski definition) is 4. The predicted octanol–water partition coefficient (Wildman–Crippen LogP) is 2.49. The van der Waals surface area contributed by atoms with Crippen LogP contribution in [0.25, 0.3) is 0 Å². The molecule has 18 heavy (non-hydrogen) atoms. The molecule has 4 nitrogen and oxygen atoms in total. The molecular weight excluding hydrogens is 249 g/mol. The molecule has 0 aliphatic heterocycles. The summed E-state index contributed by atoms with van der Waals surface area (Å²) in [7, 11) is 0. The van der Waals surface area contributed by atoms with Gasteiger partial charge in [0.05, 0.1) is 5.56 Å². The summed E-state index contributed by atoms with van der Waals surface area (Å²) in [6.07, 6.45) is -3.94. The molecular formula is C11H7F3N2O2. The van der Waals surface area contributed by atoms with Gasteiger partial charge >= 0.3 is 6.18 Å². The molecule has 0 unspecified atom stereocenters. The van der Waals surface area contributed by atoms with Crippen molar-refractivity contribution in [2.24, 2.45) is 0 Å². The zero-order chi connectivity index (χ0) is 13.2. The van der Waals surface area contributed by atoms with Gasteiger partial charge in [-0.05, 0) is 11.6 Å². The third kappa shape index (κ3) is 2.73. The van der Waals surface area contributed by atoms with E-state index in [2.05, 4.69) is 14.7 Å². The lowest BCUT2D eigenvalue weighted by Crippen LogP contribution is -2.05. The minimum absolute atomic E-state index is 0.0707. The first-order valence-corrected chi connectivity index (χ1v) is 4.93. The summed E-state index contributed by atoms with van der Waals surface area (Å²) in [5.74, 6) is -0.0339. The maximum atomic E-state index is 12.5. The Morgan fingerprint density at radius 3 is 2.72 bits per heavy atom. The highest BCUT2D eigenvalue weighted by Gasteiger charge is 2.30. The predicted molar refractivity (Wildman–Crippen MR) is 53.9 cm³/mol. The van der Waals surface area contributed by atoms with Crippen LogP contribution in [0, 0.1) is 0 Å². The second-order valence-electron chi connectivity index (χ2n) is 3.54. The van der Waals surface area contributed by atoms with E-state index in [-0.39, 0.29) is 18.1 Å². The van der Waals surface area contributed by atoms with Crippen LogP contribution in [0.4, 0.5) is 13.2 Å². The first-order chi connectivity index (χ1) is 8.49. The third-order valence-electron chi connectivity index (χ3n) is 2.20. The fourth-order valence-corrected chi connectivity index (χ4v) is 1.43. The minimum Gasteiger partial charge on any atom is -0.331 e. The van der Waals surface area contributed by atoms with E-state index in [9.17, 15) is 18.0 Å². The van der Waals surface area contributed by atoms with Crippen LogP contribution in [0.3, 0.4) is 0 Å². The van der Waals surface area contributed by atoms with Crippen molar-refractivity contribution in [3.63, 3.8) is 0 Å². The quantitative estimate of drug-likeness (QED) is 0.791. The average Bonchev–Trinajstić information content (AvgIpc) is 2.76. The van der Waals surface area contributed by atoms with Gasteiger partial charge in [-0.1, -0.05) is 23.4 Å². The highest BCUT2D eigenvalue weighted by molar-refractivity contribution is 5.66. The topological polar surface area (TPSA) is 56.0 Å². The van der Waals surface area contributed by atoms with Gasteiger partial charge < -0.3 is 4.52 Å². The lowest BCUT2D eigenvalue weighted by Gasteiger charge is -2.07. The van der Waals surface area contributed by atoms with Crippen molar-refractivity contribution in [3.8, 4) is 0 Å².